The molecular formula is C20H20BrFN2O2. The molecule has 1 atom stereocenters. The summed E-state index contributed by atoms with van der Waals surface area (Å²) >= 11 is 3.43. The van der Waals surface area contributed by atoms with Crippen LogP contribution in [-0.4, -0.2) is 30.3 Å². The minimum absolute atomic E-state index is 0.00104. The van der Waals surface area contributed by atoms with Gasteiger partial charge in [-0.1, -0.05) is 34.1 Å². The van der Waals surface area contributed by atoms with E-state index in [-0.39, 0.29) is 30.7 Å². The van der Waals surface area contributed by atoms with E-state index in [1.807, 2.05) is 24.3 Å². The lowest BCUT2D eigenvalue weighted by molar-refractivity contribution is -0.136. The van der Waals surface area contributed by atoms with Gasteiger partial charge in [0, 0.05) is 36.7 Å². The molecule has 1 fully saturated rings. The van der Waals surface area contributed by atoms with Crippen LogP contribution in [0.2, 0.25) is 0 Å². The monoisotopic (exact) mass is 418 g/mol. The minimum Gasteiger partial charge on any atom is -0.341 e. The number of halogens is 2. The lowest BCUT2D eigenvalue weighted by Crippen LogP contribution is -2.46. The zero-order chi connectivity index (χ0) is 18.7. The molecule has 0 aliphatic carbocycles. The average molecular weight is 419 g/mol. The fourth-order valence-corrected chi connectivity index (χ4v) is 3.69. The van der Waals surface area contributed by atoms with Crippen LogP contribution in [0.3, 0.4) is 0 Å². The molecule has 3 rings (SSSR count). The fourth-order valence-electron chi connectivity index (χ4n) is 3.24. The first-order valence-electron chi connectivity index (χ1n) is 8.49. The van der Waals surface area contributed by atoms with Crippen LogP contribution in [0.4, 0.5) is 10.1 Å². The van der Waals surface area contributed by atoms with Gasteiger partial charge < -0.3 is 9.80 Å². The van der Waals surface area contributed by atoms with Gasteiger partial charge in [0.05, 0.1) is 5.92 Å². The predicted molar refractivity (Wildman–Crippen MR) is 102 cm³/mol. The van der Waals surface area contributed by atoms with Crippen LogP contribution in [0.15, 0.2) is 53.0 Å². The van der Waals surface area contributed by atoms with Crippen LogP contribution in [0.25, 0.3) is 0 Å². The standard InChI is InChI=1S/C20H20BrFN2O2/c1-23(12-14-4-2-5-16(21)10-14)20(26)15-8-9-19(25)24(13-15)18-7-3-6-17(22)11-18/h2-7,10-11,15H,8-9,12-13H2,1H3. The smallest absolute Gasteiger partial charge is 0.227 e. The van der Waals surface area contributed by atoms with Crippen molar-refractivity contribution in [3.63, 3.8) is 0 Å². The van der Waals surface area contributed by atoms with Crippen molar-refractivity contribution in [2.75, 3.05) is 18.5 Å². The molecule has 2 aromatic rings. The Bertz CT molecular complexity index is 827. The summed E-state index contributed by atoms with van der Waals surface area (Å²) in [6.07, 6.45) is 0.809. The van der Waals surface area contributed by atoms with Crippen LogP contribution in [0.1, 0.15) is 18.4 Å². The third kappa shape index (κ3) is 4.30. The Labute approximate surface area is 160 Å². The first kappa shape index (κ1) is 18.6. The van der Waals surface area contributed by atoms with E-state index in [9.17, 15) is 14.0 Å². The molecule has 0 aromatic heterocycles. The first-order chi connectivity index (χ1) is 12.4. The van der Waals surface area contributed by atoms with Crippen molar-refractivity contribution in [1.82, 2.24) is 4.90 Å². The number of hydrogen-bond acceptors (Lipinski definition) is 2. The average Bonchev–Trinajstić information content (AvgIpc) is 2.61. The molecule has 6 heteroatoms. The third-order valence-corrected chi connectivity index (χ3v) is 5.06. The highest BCUT2D eigenvalue weighted by atomic mass is 79.9. The molecule has 0 spiro atoms. The summed E-state index contributed by atoms with van der Waals surface area (Å²) in [5, 5.41) is 0. The molecule has 1 aliphatic heterocycles. The van der Waals surface area contributed by atoms with Gasteiger partial charge in [0.25, 0.3) is 0 Å². The minimum atomic E-state index is -0.393. The van der Waals surface area contributed by atoms with Crippen molar-refractivity contribution >= 4 is 33.4 Å². The van der Waals surface area contributed by atoms with Gasteiger partial charge in [0.2, 0.25) is 11.8 Å². The van der Waals surface area contributed by atoms with E-state index in [1.165, 1.54) is 17.0 Å². The Morgan fingerprint density at radius 1 is 1.27 bits per heavy atom. The molecule has 1 unspecified atom stereocenters. The second-order valence-corrected chi connectivity index (χ2v) is 7.46. The third-order valence-electron chi connectivity index (χ3n) is 4.56. The number of amides is 2. The molecule has 2 amide bonds. The maximum Gasteiger partial charge on any atom is 0.227 e. The Balaban J connectivity index is 1.70. The summed E-state index contributed by atoms with van der Waals surface area (Å²) in [6.45, 7) is 0.784. The van der Waals surface area contributed by atoms with E-state index in [0.29, 0.717) is 18.7 Å². The van der Waals surface area contributed by atoms with Crippen molar-refractivity contribution in [2.45, 2.75) is 19.4 Å². The summed E-state index contributed by atoms with van der Waals surface area (Å²) in [4.78, 5) is 28.3. The van der Waals surface area contributed by atoms with Crippen LogP contribution in [0.5, 0.6) is 0 Å². The number of carbonyl (C=O) groups is 2. The Morgan fingerprint density at radius 2 is 2.04 bits per heavy atom. The first-order valence-corrected chi connectivity index (χ1v) is 9.28. The number of carbonyl (C=O) groups excluding carboxylic acids is 2. The van der Waals surface area contributed by atoms with Crippen molar-refractivity contribution in [2.24, 2.45) is 5.92 Å². The highest BCUT2D eigenvalue weighted by Gasteiger charge is 2.32. The lowest BCUT2D eigenvalue weighted by atomic mass is 9.95. The zero-order valence-corrected chi connectivity index (χ0v) is 16.1. The molecule has 0 N–H and O–H groups in total. The molecule has 0 bridgehead atoms. The normalized spacial score (nSPS) is 17.3. The summed E-state index contributed by atoms with van der Waals surface area (Å²) in [6, 6.07) is 13.8. The van der Waals surface area contributed by atoms with Crippen molar-refractivity contribution in [3.8, 4) is 0 Å². The van der Waals surface area contributed by atoms with Crippen molar-refractivity contribution in [1.29, 1.82) is 0 Å². The zero-order valence-electron chi connectivity index (χ0n) is 14.5. The van der Waals surface area contributed by atoms with Crippen molar-refractivity contribution < 1.29 is 14.0 Å². The van der Waals surface area contributed by atoms with Gasteiger partial charge in [-0.15, -0.1) is 0 Å². The SMILES string of the molecule is CN(Cc1cccc(Br)c1)C(=O)C1CCC(=O)N(c2cccc(F)c2)C1. The number of benzene rings is 2. The highest BCUT2D eigenvalue weighted by molar-refractivity contribution is 9.10. The quantitative estimate of drug-likeness (QED) is 0.752. The summed E-state index contributed by atoms with van der Waals surface area (Å²) < 4.78 is 14.5. The van der Waals surface area contributed by atoms with Gasteiger partial charge in [0.1, 0.15) is 5.82 Å². The molecule has 136 valence electrons. The van der Waals surface area contributed by atoms with Crippen LogP contribution in [0, 0.1) is 11.7 Å². The van der Waals surface area contributed by atoms with Gasteiger partial charge in [-0.2, -0.15) is 0 Å². The van der Waals surface area contributed by atoms with E-state index in [2.05, 4.69) is 15.9 Å². The largest absolute Gasteiger partial charge is 0.341 e. The maximum absolute atomic E-state index is 13.5. The Hall–Kier alpha value is -2.21. The van der Waals surface area contributed by atoms with Gasteiger partial charge in [0.15, 0.2) is 0 Å². The molecule has 0 saturated carbocycles. The number of anilines is 1. The van der Waals surface area contributed by atoms with Gasteiger partial charge in [-0.05, 0) is 42.3 Å². The topological polar surface area (TPSA) is 40.6 Å². The second kappa shape index (κ2) is 7.99. The maximum atomic E-state index is 13.5. The van der Waals surface area contributed by atoms with E-state index in [1.54, 1.807) is 24.1 Å². The molecule has 0 radical (unpaired) electrons. The number of nitrogens with zero attached hydrogens (tertiary/aromatic N) is 2. The molecule has 26 heavy (non-hydrogen) atoms. The molecular weight excluding hydrogens is 399 g/mol. The van der Waals surface area contributed by atoms with E-state index in [0.717, 1.165) is 10.0 Å². The molecule has 2 aromatic carbocycles. The Kier molecular flexibility index (Phi) is 5.71. The van der Waals surface area contributed by atoms with E-state index < -0.39 is 5.82 Å². The van der Waals surface area contributed by atoms with E-state index in [4.69, 9.17) is 0 Å². The number of piperidine rings is 1. The van der Waals surface area contributed by atoms with Crippen LogP contribution >= 0.6 is 15.9 Å². The Morgan fingerprint density at radius 3 is 2.77 bits per heavy atom. The van der Waals surface area contributed by atoms with Gasteiger partial charge in [-0.25, -0.2) is 4.39 Å². The van der Waals surface area contributed by atoms with Crippen LogP contribution < -0.4 is 4.90 Å². The summed E-state index contributed by atoms with van der Waals surface area (Å²) in [5.41, 5.74) is 1.53. The second-order valence-electron chi connectivity index (χ2n) is 6.54. The predicted octanol–water partition coefficient (Wildman–Crippen LogP) is 3.99. The van der Waals surface area contributed by atoms with Gasteiger partial charge >= 0.3 is 0 Å². The number of rotatable bonds is 4. The molecule has 1 heterocycles. The fraction of sp³-hybridized carbons (Fsp3) is 0.300. The summed E-state index contributed by atoms with van der Waals surface area (Å²) in [7, 11) is 1.77. The van der Waals surface area contributed by atoms with Crippen LogP contribution in [-0.2, 0) is 16.1 Å². The highest BCUT2D eigenvalue weighted by Crippen LogP contribution is 2.26. The van der Waals surface area contributed by atoms with Crippen molar-refractivity contribution in [3.05, 3.63) is 64.4 Å². The molecule has 1 aliphatic rings. The van der Waals surface area contributed by atoms with Gasteiger partial charge in [-0.3, -0.25) is 9.59 Å². The lowest BCUT2D eigenvalue weighted by Gasteiger charge is -2.34. The molecule has 4 nitrogen and oxygen atoms in total. The molecule has 1 saturated heterocycles. The number of hydrogen-bond donors (Lipinski definition) is 0. The summed E-state index contributed by atoms with van der Waals surface area (Å²) in [5.74, 6) is -0.753. The van der Waals surface area contributed by atoms with E-state index >= 15 is 0 Å².